The van der Waals surface area contributed by atoms with Crippen LogP contribution in [-0.2, 0) is 10.0 Å². The molecule has 7 nitrogen and oxygen atoms in total. The van der Waals surface area contributed by atoms with Crippen molar-refractivity contribution in [3.8, 4) is 6.07 Å². The molecular weight excluding hydrogens is 242 g/mol. The van der Waals surface area contributed by atoms with E-state index >= 15 is 0 Å². The molecule has 1 fully saturated rings. The molecule has 2 heterocycles. The van der Waals surface area contributed by atoms with Crippen molar-refractivity contribution < 1.29 is 8.42 Å². The number of rotatable bonds is 4. The Morgan fingerprint density at radius 1 is 1.71 bits per heavy atom. The minimum Gasteiger partial charge on any atom is -0.312 e. The Morgan fingerprint density at radius 3 is 2.94 bits per heavy atom. The molecule has 2 rings (SSSR count). The summed E-state index contributed by atoms with van der Waals surface area (Å²) in [5.41, 5.74) is 0. The lowest BCUT2D eigenvalue weighted by Crippen LogP contribution is -2.44. The van der Waals surface area contributed by atoms with E-state index in [2.05, 4.69) is 15.1 Å². The minimum absolute atomic E-state index is 0.167. The summed E-state index contributed by atoms with van der Waals surface area (Å²) in [6.07, 6.45) is 1.53. The first-order valence-corrected chi connectivity index (χ1v) is 6.74. The van der Waals surface area contributed by atoms with E-state index in [1.807, 2.05) is 0 Å². The molecular formula is C9H13N5O2S. The molecule has 1 atom stereocenters. The second kappa shape index (κ2) is 4.35. The molecule has 0 aliphatic carbocycles. The van der Waals surface area contributed by atoms with E-state index in [0.717, 1.165) is 13.1 Å². The summed E-state index contributed by atoms with van der Waals surface area (Å²) in [7, 11) is -3.67. The van der Waals surface area contributed by atoms with Gasteiger partial charge in [0.15, 0.2) is 5.25 Å². The predicted octanol–water partition coefficient (Wildman–Crippen LogP) is -0.319. The summed E-state index contributed by atoms with van der Waals surface area (Å²) in [6, 6.07) is 3.45. The lowest BCUT2D eigenvalue weighted by Gasteiger charge is -2.28. The number of nitrogens with one attached hydrogen (secondary N) is 2. The Bertz CT molecular complexity index is 540. The van der Waals surface area contributed by atoms with Crippen molar-refractivity contribution in [3.63, 3.8) is 0 Å². The molecule has 0 amide bonds. The molecule has 1 aliphatic rings. The third-order valence-corrected chi connectivity index (χ3v) is 4.20. The molecule has 1 aromatic heterocycles. The molecule has 1 aliphatic heterocycles. The van der Waals surface area contributed by atoms with Crippen molar-refractivity contribution in [3.05, 3.63) is 12.3 Å². The Morgan fingerprint density at radius 2 is 2.41 bits per heavy atom. The highest BCUT2D eigenvalue weighted by atomic mass is 32.2. The SMILES string of the molecule is CC(C#N)S(=O)(=O)Nc1ccnn1C1CNC1. The van der Waals surface area contributed by atoms with Crippen LogP contribution in [0.4, 0.5) is 5.82 Å². The highest BCUT2D eigenvalue weighted by Gasteiger charge is 2.25. The number of hydrogen-bond donors (Lipinski definition) is 2. The first-order valence-electron chi connectivity index (χ1n) is 5.20. The summed E-state index contributed by atoms with van der Waals surface area (Å²) in [5, 5.41) is 14.7. The van der Waals surface area contributed by atoms with Crippen LogP contribution in [0.2, 0.25) is 0 Å². The van der Waals surface area contributed by atoms with Crippen LogP contribution in [0.3, 0.4) is 0 Å². The number of nitriles is 1. The van der Waals surface area contributed by atoms with Crippen molar-refractivity contribution in [2.45, 2.75) is 18.2 Å². The molecule has 1 saturated heterocycles. The Labute approximate surface area is 99.5 Å². The molecule has 1 aromatic rings. The van der Waals surface area contributed by atoms with Gasteiger partial charge in [-0.3, -0.25) is 4.72 Å². The molecule has 0 spiro atoms. The summed E-state index contributed by atoms with van der Waals surface area (Å²) >= 11 is 0. The van der Waals surface area contributed by atoms with Gasteiger partial charge in [0.1, 0.15) is 5.82 Å². The fourth-order valence-electron chi connectivity index (χ4n) is 1.44. The van der Waals surface area contributed by atoms with Gasteiger partial charge in [-0.15, -0.1) is 0 Å². The molecule has 0 radical (unpaired) electrons. The van der Waals surface area contributed by atoms with Gasteiger partial charge in [0, 0.05) is 19.2 Å². The maximum Gasteiger partial charge on any atom is 0.249 e. The highest BCUT2D eigenvalue weighted by molar-refractivity contribution is 7.93. The fraction of sp³-hybridized carbons (Fsp3) is 0.556. The van der Waals surface area contributed by atoms with Crippen molar-refractivity contribution in [2.24, 2.45) is 0 Å². The largest absolute Gasteiger partial charge is 0.312 e. The van der Waals surface area contributed by atoms with Crippen molar-refractivity contribution >= 4 is 15.8 Å². The first-order chi connectivity index (χ1) is 8.04. The van der Waals surface area contributed by atoms with Gasteiger partial charge < -0.3 is 5.32 Å². The maximum absolute atomic E-state index is 11.7. The Balaban J connectivity index is 2.19. The number of nitrogens with zero attached hydrogens (tertiary/aromatic N) is 3. The molecule has 1 unspecified atom stereocenters. The first kappa shape index (κ1) is 11.9. The zero-order valence-corrected chi connectivity index (χ0v) is 10.1. The van der Waals surface area contributed by atoms with Crippen LogP contribution >= 0.6 is 0 Å². The monoisotopic (exact) mass is 255 g/mol. The van der Waals surface area contributed by atoms with Gasteiger partial charge in [0.2, 0.25) is 10.0 Å². The van der Waals surface area contributed by atoms with Gasteiger partial charge in [-0.1, -0.05) is 0 Å². The van der Waals surface area contributed by atoms with Crippen LogP contribution in [0, 0.1) is 11.3 Å². The van der Waals surface area contributed by atoms with E-state index in [4.69, 9.17) is 5.26 Å². The highest BCUT2D eigenvalue weighted by Crippen LogP contribution is 2.19. The Hall–Kier alpha value is -1.59. The van der Waals surface area contributed by atoms with Crippen LogP contribution in [0.25, 0.3) is 0 Å². The van der Waals surface area contributed by atoms with E-state index in [1.165, 1.54) is 13.1 Å². The van der Waals surface area contributed by atoms with E-state index in [1.54, 1.807) is 16.8 Å². The molecule has 17 heavy (non-hydrogen) atoms. The zero-order valence-electron chi connectivity index (χ0n) is 9.29. The van der Waals surface area contributed by atoms with Crippen LogP contribution in [0.5, 0.6) is 0 Å². The van der Waals surface area contributed by atoms with Crippen molar-refractivity contribution in [2.75, 3.05) is 17.8 Å². The van der Waals surface area contributed by atoms with Gasteiger partial charge in [-0.05, 0) is 6.92 Å². The van der Waals surface area contributed by atoms with E-state index < -0.39 is 15.3 Å². The number of anilines is 1. The molecule has 0 bridgehead atoms. The molecule has 0 aromatic carbocycles. The smallest absolute Gasteiger partial charge is 0.249 e. The standard InChI is InChI=1S/C9H13N5O2S/c1-7(4-10)17(15,16)13-9-2-3-12-14(9)8-5-11-6-8/h2-3,7-8,11,13H,5-6H2,1H3. The van der Waals surface area contributed by atoms with Gasteiger partial charge in [0.25, 0.3) is 0 Å². The van der Waals surface area contributed by atoms with Gasteiger partial charge in [-0.2, -0.15) is 10.4 Å². The third-order valence-electron chi connectivity index (χ3n) is 2.67. The van der Waals surface area contributed by atoms with E-state index in [9.17, 15) is 8.42 Å². The van der Waals surface area contributed by atoms with Crippen LogP contribution in [0.1, 0.15) is 13.0 Å². The van der Waals surface area contributed by atoms with E-state index in [-0.39, 0.29) is 6.04 Å². The molecule has 92 valence electrons. The fourth-order valence-corrected chi connectivity index (χ4v) is 2.20. The van der Waals surface area contributed by atoms with E-state index in [0.29, 0.717) is 5.82 Å². The second-order valence-corrected chi connectivity index (χ2v) is 5.89. The lowest BCUT2D eigenvalue weighted by molar-refractivity contribution is 0.322. The average Bonchev–Trinajstić information content (AvgIpc) is 2.62. The normalized spacial score (nSPS) is 18.1. The van der Waals surface area contributed by atoms with Crippen LogP contribution in [-0.4, -0.2) is 36.5 Å². The number of sulfonamides is 1. The van der Waals surface area contributed by atoms with Crippen molar-refractivity contribution in [1.29, 1.82) is 5.26 Å². The topological polar surface area (TPSA) is 99.8 Å². The maximum atomic E-state index is 11.7. The lowest BCUT2D eigenvalue weighted by atomic mass is 10.2. The quantitative estimate of drug-likeness (QED) is 0.768. The van der Waals surface area contributed by atoms with Gasteiger partial charge in [-0.25, -0.2) is 13.1 Å². The average molecular weight is 255 g/mol. The Kier molecular flexibility index (Phi) is 3.04. The van der Waals surface area contributed by atoms with Crippen molar-refractivity contribution in [1.82, 2.24) is 15.1 Å². The number of aromatic nitrogens is 2. The third kappa shape index (κ3) is 2.25. The summed E-state index contributed by atoms with van der Waals surface area (Å²) in [6.45, 7) is 2.88. The zero-order chi connectivity index (χ0) is 12.5. The predicted molar refractivity (Wildman–Crippen MR) is 61.8 cm³/mol. The second-order valence-electron chi connectivity index (χ2n) is 3.89. The summed E-state index contributed by atoms with van der Waals surface area (Å²) in [5.74, 6) is 0.401. The molecule has 0 saturated carbocycles. The van der Waals surface area contributed by atoms with Crippen LogP contribution in [0.15, 0.2) is 12.3 Å². The summed E-state index contributed by atoms with van der Waals surface area (Å²) < 4.78 is 27.5. The minimum atomic E-state index is -3.67. The van der Waals surface area contributed by atoms with Gasteiger partial charge >= 0.3 is 0 Å². The molecule has 2 N–H and O–H groups in total. The molecule has 8 heteroatoms. The van der Waals surface area contributed by atoms with Crippen LogP contribution < -0.4 is 10.0 Å². The summed E-state index contributed by atoms with van der Waals surface area (Å²) in [4.78, 5) is 0. The number of hydrogen-bond acceptors (Lipinski definition) is 5. The van der Waals surface area contributed by atoms with Gasteiger partial charge in [0.05, 0.1) is 18.3 Å².